The van der Waals surface area contributed by atoms with Crippen molar-refractivity contribution in [2.75, 3.05) is 19.7 Å². The van der Waals surface area contributed by atoms with E-state index < -0.39 is 17.4 Å². The average Bonchev–Trinajstić information content (AvgIpc) is 2.59. The zero-order chi connectivity index (χ0) is 14.0. The lowest BCUT2D eigenvalue weighted by atomic mass is 9.87. The second kappa shape index (κ2) is 5.19. The Balaban J connectivity index is 1.90. The van der Waals surface area contributed by atoms with E-state index in [0.29, 0.717) is 19.6 Å². The average molecular weight is 268 g/mol. The molecule has 0 aromatic carbocycles. The highest BCUT2D eigenvalue weighted by molar-refractivity contribution is 5.89. The van der Waals surface area contributed by atoms with Gasteiger partial charge >= 0.3 is 5.97 Å². The van der Waals surface area contributed by atoms with Crippen LogP contribution in [0.1, 0.15) is 33.1 Å². The molecule has 0 unspecified atom stereocenters. The Morgan fingerprint density at radius 3 is 2.74 bits per heavy atom. The summed E-state index contributed by atoms with van der Waals surface area (Å²) in [5.41, 5.74) is -0.404. The van der Waals surface area contributed by atoms with Gasteiger partial charge in [-0.1, -0.05) is 13.8 Å². The van der Waals surface area contributed by atoms with Crippen molar-refractivity contribution in [3.8, 4) is 0 Å². The van der Waals surface area contributed by atoms with Gasteiger partial charge in [0.2, 0.25) is 11.8 Å². The van der Waals surface area contributed by atoms with Gasteiger partial charge in [0.05, 0.1) is 13.2 Å². The van der Waals surface area contributed by atoms with E-state index in [1.54, 1.807) is 4.90 Å². The molecule has 2 aliphatic rings. The van der Waals surface area contributed by atoms with Gasteiger partial charge in [0, 0.05) is 18.4 Å². The maximum absolute atomic E-state index is 11.9. The predicted molar refractivity (Wildman–Crippen MR) is 67.1 cm³/mol. The molecule has 0 aliphatic carbocycles. The van der Waals surface area contributed by atoms with E-state index in [9.17, 15) is 14.4 Å². The molecule has 2 heterocycles. The summed E-state index contributed by atoms with van der Waals surface area (Å²) in [7, 11) is 0. The topological polar surface area (TPSA) is 75.7 Å². The Morgan fingerprint density at radius 1 is 1.42 bits per heavy atom. The molecule has 0 saturated carbocycles. The quantitative estimate of drug-likeness (QED) is 0.735. The second-order valence-corrected chi connectivity index (χ2v) is 5.87. The van der Waals surface area contributed by atoms with Crippen LogP contribution in [0.4, 0.5) is 0 Å². The van der Waals surface area contributed by atoms with Gasteiger partial charge in [-0.05, 0) is 12.8 Å². The van der Waals surface area contributed by atoms with Crippen LogP contribution in [0, 0.1) is 5.41 Å². The molecular weight excluding hydrogens is 248 g/mol. The van der Waals surface area contributed by atoms with Crippen molar-refractivity contribution in [1.82, 2.24) is 10.2 Å². The third-order valence-electron chi connectivity index (χ3n) is 3.66. The number of cyclic esters (lactones) is 1. The number of nitrogens with one attached hydrogen (secondary N) is 1. The Labute approximate surface area is 112 Å². The lowest BCUT2D eigenvalue weighted by molar-refractivity contribution is -0.142. The number of carbonyl (C=O) groups excluding carboxylic acids is 3. The third-order valence-corrected chi connectivity index (χ3v) is 3.66. The first-order chi connectivity index (χ1) is 8.90. The number of nitrogens with zero attached hydrogens (tertiary/aromatic N) is 1. The summed E-state index contributed by atoms with van der Waals surface area (Å²) in [5.74, 6) is -0.690. The van der Waals surface area contributed by atoms with Crippen LogP contribution in [0.3, 0.4) is 0 Å². The van der Waals surface area contributed by atoms with Crippen LogP contribution in [-0.2, 0) is 19.1 Å². The van der Waals surface area contributed by atoms with E-state index in [1.807, 2.05) is 13.8 Å². The fraction of sp³-hybridized carbons (Fsp3) is 0.769. The molecule has 2 rings (SSSR count). The summed E-state index contributed by atoms with van der Waals surface area (Å²) < 4.78 is 4.96. The molecule has 1 atom stereocenters. The molecule has 106 valence electrons. The molecule has 0 bridgehead atoms. The van der Waals surface area contributed by atoms with Crippen LogP contribution in [0.5, 0.6) is 0 Å². The summed E-state index contributed by atoms with van der Waals surface area (Å²) in [4.78, 5) is 36.7. The van der Waals surface area contributed by atoms with Crippen LogP contribution in [-0.4, -0.2) is 48.4 Å². The molecule has 2 amide bonds. The number of hydrogen-bond acceptors (Lipinski definition) is 4. The van der Waals surface area contributed by atoms with Crippen molar-refractivity contribution in [3.05, 3.63) is 0 Å². The van der Waals surface area contributed by atoms with Crippen molar-refractivity contribution >= 4 is 17.8 Å². The van der Waals surface area contributed by atoms with Gasteiger partial charge in [-0.25, -0.2) is 4.79 Å². The zero-order valence-corrected chi connectivity index (χ0v) is 11.4. The molecule has 2 saturated heterocycles. The van der Waals surface area contributed by atoms with E-state index in [4.69, 9.17) is 4.74 Å². The molecule has 2 aliphatic heterocycles. The van der Waals surface area contributed by atoms with Gasteiger partial charge in [-0.2, -0.15) is 0 Å². The van der Waals surface area contributed by atoms with E-state index in [1.165, 1.54) is 0 Å². The van der Waals surface area contributed by atoms with Crippen molar-refractivity contribution in [3.63, 3.8) is 0 Å². The molecule has 2 fully saturated rings. The standard InChI is InChI=1S/C13H20N2O4/c1-13(2)8-19-12(18)11(13)14-9(16)7-15-6-4-3-5-10(15)17/h11H,3-8H2,1-2H3,(H,14,16)/t11-/m1/s1. The van der Waals surface area contributed by atoms with Gasteiger partial charge in [0.25, 0.3) is 0 Å². The summed E-state index contributed by atoms with van der Waals surface area (Å²) in [6.45, 7) is 4.69. The number of piperidine rings is 1. The van der Waals surface area contributed by atoms with Crippen LogP contribution in [0.15, 0.2) is 0 Å². The smallest absolute Gasteiger partial charge is 0.329 e. The molecule has 6 heteroatoms. The van der Waals surface area contributed by atoms with Gasteiger partial charge in [0.1, 0.15) is 6.04 Å². The van der Waals surface area contributed by atoms with Gasteiger partial charge < -0.3 is 15.0 Å². The number of likely N-dealkylation sites (tertiary alicyclic amines) is 1. The van der Waals surface area contributed by atoms with Gasteiger partial charge in [-0.15, -0.1) is 0 Å². The molecular formula is C13H20N2O4. The molecule has 0 aromatic rings. The highest BCUT2D eigenvalue weighted by atomic mass is 16.5. The minimum Gasteiger partial charge on any atom is -0.463 e. The molecule has 1 N–H and O–H groups in total. The number of ether oxygens (including phenoxy) is 1. The Bertz CT molecular complexity index is 405. The van der Waals surface area contributed by atoms with Gasteiger partial charge in [0.15, 0.2) is 0 Å². The molecule has 0 radical (unpaired) electrons. The van der Waals surface area contributed by atoms with Crippen molar-refractivity contribution in [1.29, 1.82) is 0 Å². The molecule has 0 spiro atoms. The largest absolute Gasteiger partial charge is 0.463 e. The number of carbonyl (C=O) groups is 3. The highest BCUT2D eigenvalue weighted by Gasteiger charge is 2.44. The fourth-order valence-electron chi connectivity index (χ4n) is 2.41. The first-order valence-corrected chi connectivity index (χ1v) is 6.64. The SMILES string of the molecule is CC1(C)COC(=O)[C@H]1NC(=O)CN1CCCCC1=O. The summed E-state index contributed by atoms with van der Waals surface area (Å²) in [5, 5.41) is 2.68. The van der Waals surface area contributed by atoms with Crippen molar-refractivity contribution in [2.45, 2.75) is 39.2 Å². The number of amides is 2. The fourth-order valence-corrected chi connectivity index (χ4v) is 2.41. The first kappa shape index (κ1) is 13.8. The lowest BCUT2D eigenvalue weighted by Gasteiger charge is -2.28. The summed E-state index contributed by atoms with van der Waals surface area (Å²) in [6.07, 6.45) is 2.32. The lowest BCUT2D eigenvalue weighted by Crippen LogP contribution is -2.50. The number of hydrogen-bond donors (Lipinski definition) is 1. The Hall–Kier alpha value is -1.59. The predicted octanol–water partition coefficient (Wildman–Crippen LogP) is 0.0667. The van der Waals surface area contributed by atoms with E-state index >= 15 is 0 Å². The minimum atomic E-state index is -0.625. The van der Waals surface area contributed by atoms with E-state index in [-0.39, 0.29) is 18.4 Å². The molecule has 6 nitrogen and oxygen atoms in total. The number of esters is 1. The maximum Gasteiger partial charge on any atom is 0.329 e. The van der Waals surface area contributed by atoms with E-state index in [2.05, 4.69) is 5.32 Å². The summed E-state index contributed by atoms with van der Waals surface area (Å²) >= 11 is 0. The highest BCUT2D eigenvalue weighted by Crippen LogP contribution is 2.28. The van der Waals surface area contributed by atoms with Crippen molar-refractivity contribution in [2.24, 2.45) is 5.41 Å². The Kier molecular flexibility index (Phi) is 3.78. The maximum atomic E-state index is 11.9. The van der Waals surface area contributed by atoms with Gasteiger partial charge in [-0.3, -0.25) is 9.59 Å². The van der Waals surface area contributed by atoms with Crippen LogP contribution in [0.25, 0.3) is 0 Å². The molecule has 19 heavy (non-hydrogen) atoms. The monoisotopic (exact) mass is 268 g/mol. The Morgan fingerprint density at radius 2 is 2.16 bits per heavy atom. The molecule has 0 aromatic heterocycles. The van der Waals surface area contributed by atoms with Crippen LogP contribution < -0.4 is 5.32 Å². The normalized spacial score (nSPS) is 26.2. The number of rotatable bonds is 3. The first-order valence-electron chi connectivity index (χ1n) is 6.64. The third kappa shape index (κ3) is 3.05. The summed E-state index contributed by atoms with van der Waals surface area (Å²) in [6, 6.07) is -0.625. The van der Waals surface area contributed by atoms with Crippen LogP contribution >= 0.6 is 0 Å². The van der Waals surface area contributed by atoms with Crippen LogP contribution in [0.2, 0.25) is 0 Å². The minimum absolute atomic E-state index is 0.00894. The zero-order valence-electron chi connectivity index (χ0n) is 11.4. The van der Waals surface area contributed by atoms with E-state index in [0.717, 1.165) is 12.8 Å². The van der Waals surface area contributed by atoms with Crippen molar-refractivity contribution < 1.29 is 19.1 Å². The second-order valence-electron chi connectivity index (χ2n) is 5.87.